The van der Waals surface area contributed by atoms with Gasteiger partial charge in [-0.2, -0.15) is 4.68 Å². The smallest absolute Gasteiger partial charge is 0.374 e. The third-order valence-corrected chi connectivity index (χ3v) is 3.23. The molecular weight excluding hydrogens is 262 g/mol. The Labute approximate surface area is 114 Å². The van der Waals surface area contributed by atoms with E-state index in [1.165, 1.54) is 4.57 Å². The van der Waals surface area contributed by atoms with Crippen LogP contribution in [0.2, 0.25) is 0 Å². The maximum absolute atomic E-state index is 12.3. The highest BCUT2D eigenvalue weighted by molar-refractivity contribution is 5.83. The molecule has 0 amide bonds. The van der Waals surface area contributed by atoms with Crippen molar-refractivity contribution in [3.05, 3.63) is 40.6 Å². The predicted molar refractivity (Wildman–Crippen MR) is 69.6 cm³/mol. The molecule has 0 aliphatic heterocycles. The Kier molecular flexibility index (Phi) is 2.81. The zero-order valence-corrected chi connectivity index (χ0v) is 10.8. The van der Waals surface area contributed by atoms with Crippen molar-refractivity contribution in [2.75, 3.05) is 7.11 Å². The maximum Gasteiger partial charge on any atom is 0.374 e. The van der Waals surface area contributed by atoms with E-state index in [-0.39, 0.29) is 11.9 Å². The highest BCUT2D eigenvalue weighted by Crippen LogP contribution is 2.34. The van der Waals surface area contributed by atoms with Crippen LogP contribution < -0.4 is 10.4 Å². The number of carbonyl (C=O) groups is 1. The number of carboxylic acid groups (broad SMARTS) is 1. The third-order valence-electron chi connectivity index (χ3n) is 3.23. The van der Waals surface area contributed by atoms with Gasteiger partial charge in [-0.3, -0.25) is 4.57 Å². The number of carboxylic acids is 1. The second kappa shape index (κ2) is 4.52. The predicted octanol–water partition coefficient (Wildman–Crippen LogP) is 1.08. The summed E-state index contributed by atoms with van der Waals surface area (Å²) in [7, 11) is 1.55. The van der Waals surface area contributed by atoms with Crippen LogP contribution in [0.15, 0.2) is 29.1 Å². The van der Waals surface area contributed by atoms with Crippen LogP contribution in [-0.2, 0) is 0 Å². The van der Waals surface area contributed by atoms with Gasteiger partial charge in [0.05, 0.1) is 12.8 Å². The molecule has 1 aliphatic rings. The van der Waals surface area contributed by atoms with Crippen molar-refractivity contribution in [3.63, 3.8) is 0 Å². The Hall–Kier alpha value is -2.57. The van der Waals surface area contributed by atoms with Gasteiger partial charge in [0.25, 0.3) is 0 Å². The van der Waals surface area contributed by atoms with E-state index in [1.807, 2.05) is 0 Å². The van der Waals surface area contributed by atoms with E-state index in [1.54, 1.807) is 31.4 Å². The zero-order chi connectivity index (χ0) is 14.3. The molecule has 0 saturated heterocycles. The molecule has 0 radical (unpaired) electrons. The van der Waals surface area contributed by atoms with Crippen molar-refractivity contribution < 1.29 is 14.6 Å². The summed E-state index contributed by atoms with van der Waals surface area (Å²) in [6, 6.07) is 6.67. The number of aromatic carboxylic acids is 1. The second-order valence-electron chi connectivity index (χ2n) is 4.62. The summed E-state index contributed by atoms with van der Waals surface area (Å²) < 4.78 is 7.41. The van der Waals surface area contributed by atoms with Crippen LogP contribution in [-0.4, -0.2) is 32.5 Å². The van der Waals surface area contributed by atoms with Gasteiger partial charge in [-0.05, 0) is 37.1 Å². The highest BCUT2D eigenvalue weighted by atomic mass is 16.5. The van der Waals surface area contributed by atoms with Crippen LogP contribution in [0.3, 0.4) is 0 Å². The summed E-state index contributed by atoms with van der Waals surface area (Å²) in [5, 5.41) is 13.1. The molecule has 20 heavy (non-hydrogen) atoms. The van der Waals surface area contributed by atoms with Gasteiger partial charge >= 0.3 is 11.7 Å². The van der Waals surface area contributed by atoms with E-state index in [0.29, 0.717) is 11.4 Å². The fourth-order valence-electron chi connectivity index (χ4n) is 2.08. The minimum absolute atomic E-state index is 0.0411. The molecule has 1 N–H and O–H groups in total. The first-order valence-electron chi connectivity index (χ1n) is 6.21. The monoisotopic (exact) mass is 275 g/mol. The van der Waals surface area contributed by atoms with E-state index in [9.17, 15) is 9.59 Å². The van der Waals surface area contributed by atoms with Crippen molar-refractivity contribution >= 4 is 5.97 Å². The van der Waals surface area contributed by atoms with E-state index in [0.717, 1.165) is 17.5 Å². The molecule has 1 heterocycles. The van der Waals surface area contributed by atoms with Gasteiger partial charge in [0.15, 0.2) is 0 Å². The second-order valence-corrected chi connectivity index (χ2v) is 4.62. The van der Waals surface area contributed by atoms with E-state index >= 15 is 0 Å². The SMILES string of the molecule is COc1ccc(-n2nc(C(=O)O)n(C3CC3)c2=O)cc1. The standard InChI is InChI=1S/C13H13N3O4/c1-20-10-6-4-9(5-7-10)16-13(19)15(8-2-3-8)11(14-16)12(17)18/h4-8H,2-3H2,1H3,(H,17,18). The Bertz CT molecular complexity index is 710. The number of ether oxygens (including phenoxy) is 1. The van der Waals surface area contributed by atoms with Gasteiger partial charge in [-0.15, -0.1) is 5.10 Å². The summed E-state index contributed by atoms with van der Waals surface area (Å²) in [5.41, 5.74) is 0.0905. The molecule has 1 fully saturated rings. The fraction of sp³-hybridized carbons (Fsp3) is 0.308. The molecule has 2 aromatic rings. The van der Waals surface area contributed by atoms with Gasteiger partial charge in [0.1, 0.15) is 5.75 Å². The van der Waals surface area contributed by atoms with Gasteiger partial charge in [0.2, 0.25) is 5.82 Å². The van der Waals surface area contributed by atoms with Gasteiger partial charge in [-0.1, -0.05) is 0 Å². The molecule has 7 heteroatoms. The molecule has 7 nitrogen and oxygen atoms in total. The molecule has 1 saturated carbocycles. The number of hydrogen-bond donors (Lipinski definition) is 1. The summed E-state index contributed by atoms with van der Waals surface area (Å²) in [4.78, 5) is 23.5. The lowest BCUT2D eigenvalue weighted by Crippen LogP contribution is -2.24. The summed E-state index contributed by atoms with van der Waals surface area (Å²) in [6.07, 6.45) is 1.63. The Balaban J connectivity index is 2.11. The first-order chi connectivity index (χ1) is 9.61. The van der Waals surface area contributed by atoms with E-state index < -0.39 is 11.7 Å². The molecule has 1 aromatic heterocycles. The first kappa shape index (κ1) is 12.5. The molecule has 0 atom stereocenters. The van der Waals surface area contributed by atoms with Gasteiger partial charge < -0.3 is 9.84 Å². The molecule has 3 rings (SSSR count). The molecule has 1 aromatic carbocycles. The zero-order valence-electron chi connectivity index (χ0n) is 10.8. The average Bonchev–Trinajstić information content (AvgIpc) is 3.22. The number of nitrogens with zero attached hydrogens (tertiary/aromatic N) is 3. The van der Waals surface area contributed by atoms with Crippen molar-refractivity contribution in [1.82, 2.24) is 14.3 Å². The lowest BCUT2D eigenvalue weighted by Gasteiger charge is -2.01. The average molecular weight is 275 g/mol. The Morgan fingerprint density at radius 3 is 2.50 bits per heavy atom. The quantitative estimate of drug-likeness (QED) is 0.902. The minimum Gasteiger partial charge on any atom is -0.497 e. The number of hydrogen-bond acceptors (Lipinski definition) is 4. The largest absolute Gasteiger partial charge is 0.497 e. The van der Waals surface area contributed by atoms with Gasteiger partial charge in [-0.25, -0.2) is 9.59 Å². The molecule has 1 aliphatic carbocycles. The van der Waals surface area contributed by atoms with E-state index in [2.05, 4.69) is 5.10 Å². The number of methoxy groups -OCH3 is 1. The van der Waals surface area contributed by atoms with Gasteiger partial charge in [0, 0.05) is 6.04 Å². The topological polar surface area (TPSA) is 86.3 Å². The number of benzene rings is 1. The number of aromatic nitrogens is 3. The van der Waals surface area contributed by atoms with Crippen molar-refractivity contribution in [1.29, 1.82) is 0 Å². The maximum atomic E-state index is 12.3. The van der Waals surface area contributed by atoms with Crippen LogP contribution in [0, 0.1) is 0 Å². The molecule has 0 spiro atoms. The van der Waals surface area contributed by atoms with Crippen LogP contribution in [0.1, 0.15) is 29.5 Å². The lowest BCUT2D eigenvalue weighted by atomic mass is 10.3. The van der Waals surface area contributed by atoms with Crippen LogP contribution in [0.25, 0.3) is 5.69 Å². The lowest BCUT2D eigenvalue weighted by molar-refractivity contribution is 0.0676. The minimum atomic E-state index is -1.19. The van der Waals surface area contributed by atoms with Crippen molar-refractivity contribution in [3.8, 4) is 11.4 Å². The highest BCUT2D eigenvalue weighted by Gasteiger charge is 2.32. The molecule has 0 bridgehead atoms. The molecular formula is C13H13N3O4. The summed E-state index contributed by atoms with van der Waals surface area (Å²) >= 11 is 0. The van der Waals surface area contributed by atoms with Crippen LogP contribution in [0.4, 0.5) is 0 Å². The molecule has 104 valence electrons. The molecule has 0 unspecified atom stereocenters. The van der Waals surface area contributed by atoms with Crippen molar-refractivity contribution in [2.45, 2.75) is 18.9 Å². The summed E-state index contributed by atoms with van der Waals surface area (Å²) in [5.74, 6) is -0.753. The third kappa shape index (κ3) is 1.97. The van der Waals surface area contributed by atoms with Crippen LogP contribution in [0.5, 0.6) is 5.75 Å². The van der Waals surface area contributed by atoms with Crippen LogP contribution >= 0.6 is 0 Å². The normalized spacial score (nSPS) is 14.2. The van der Waals surface area contributed by atoms with E-state index in [4.69, 9.17) is 9.84 Å². The Morgan fingerprint density at radius 1 is 1.35 bits per heavy atom. The van der Waals surface area contributed by atoms with Crippen molar-refractivity contribution in [2.24, 2.45) is 0 Å². The fourth-order valence-corrected chi connectivity index (χ4v) is 2.08. The number of rotatable bonds is 4. The Morgan fingerprint density at radius 2 is 2.00 bits per heavy atom. The first-order valence-corrected chi connectivity index (χ1v) is 6.21. The summed E-state index contributed by atoms with van der Waals surface area (Å²) in [6.45, 7) is 0.